The van der Waals surface area contributed by atoms with Gasteiger partial charge in [0.15, 0.2) is 0 Å². The molecule has 196 valence electrons. The van der Waals surface area contributed by atoms with Gasteiger partial charge in [-0.05, 0) is 74.8 Å². The number of fused-ring (bicyclic) bond motifs is 2. The number of anilines is 1. The summed E-state index contributed by atoms with van der Waals surface area (Å²) in [5, 5.41) is 0.859. The highest BCUT2D eigenvalue weighted by Crippen LogP contribution is 2.47. The third kappa shape index (κ3) is 4.58. The van der Waals surface area contributed by atoms with E-state index in [0.717, 1.165) is 35.7 Å². The number of allylic oxidation sites excluding steroid dienone is 8. The van der Waals surface area contributed by atoms with Crippen LogP contribution in [0.1, 0.15) is 71.9 Å². The van der Waals surface area contributed by atoms with Crippen LogP contribution >= 0.6 is 11.6 Å². The Morgan fingerprint density at radius 3 is 2.31 bits per heavy atom. The Balaban J connectivity index is 1.52. The van der Waals surface area contributed by atoms with E-state index in [1.54, 1.807) is 0 Å². The van der Waals surface area contributed by atoms with E-state index in [2.05, 4.69) is 134 Å². The van der Waals surface area contributed by atoms with E-state index in [1.165, 1.54) is 33.7 Å². The van der Waals surface area contributed by atoms with Crippen molar-refractivity contribution >= 4 is 28.7 Å². The summed E-state index contributed by atoms with van der Waals surface area (Å²) in [6.07, 6.45) is 11.9. The minimum Gasteiger partial charge on any atom is -0.273 e. The lowest BCUT2D eigenvalue weighted by Crippen LogP contribution is -2.26. The van der Waals surface area contributed by atoms with E-state index in [1.807, 2.05) is 13.8 Å². The Morgan fingerprint density at radius 1 is 0.846 bits per heavy atom. The zero-order valence-electron chi connectivity index (χ0n) is 23.8. The molecule has 0 spiro atoms. The SMILES string of the molecule is CC#CN1C(=CC=C2CCCC(C=CC3=[N+](C#CC)c4ccccc4C3(C)C)=C2Cl)C(C)(C)c2ccccc21. The van der Waals surface area contributed by atoms with Gasteiger partial charge in [0.25, 0.3) is 0 Å². The van der Waals surface area contributed by atoms with Gasteiger partial charge < -0.3 is 0 Å². The van der Waals surface area contributed by atoms with Crippen molar-refractivity contribution in [3.05, 3.63) is 106 Å². The number of para-hydroxylation sites is 2. The van der Waals surface area contributed by atoms with Crippen LogP contribution in [0.25, 0.3) is 0 Å². The summed E-state index contributed by atoms with van der Waals surface area (Å²) in [6.45, 7) is 12.8. The molecule has 0 saturated heterocycles. The number of hydrogen-bond donors (Lipinski definition) is 0. The number of hydrogen-bond acceptors (Lipinski definition) is 1. The van der Waals surface area contributed by atoms with Crippen molar-refractivity contribution < 1.29 is 4.58 Å². The molecule has 2 heterocycles. The molecule has 5 rings (SSSR count). The van der Waals surface area contributed by atoms with Crippen LogP contribution in [0, 0.1) is 23.9 Å². The van der Waals surface area contributed by atoms with E-state index < -0.39 is 0 Å². The fraction of sp³-hybridized carbons (Fsp3) is 0.306. The molecule has 2 nitrogen and oxygen atoms in total. The second kappa shape index (κ2) is 10.4. The molecule has 0 saturated carbocycles. The summed E-state index contributed by atoms with van der Waals surface area (Å²) in [6, 6.07) is 23.7. The lowest BCUT2D eigenvalue weighted by Gasteiger charge is -2.23. The molecule has 2 aliphatic heterocycles. The Bertz CT molecular complexity index is 1620. The van der Waals surface area contributed by atoms with Crippen LogP contribution < -0.4 is 4.90 Å². The quantitative estimate of drug-likeness (QED) is 0.283. The first-order valence-electron chi connectivity index (χ1n) is 13.7. The molecular formula is C36H36ClN2+. The van der Waals surface area contributed by atoms with E-state index in [0.29, 0.717) is 0 Å². The number of rotatable bonds is 3. The fourth-order valence-corrected chi connectivity index (χ4v) is 6.40. The predicted octanol–water partition coefficient (Wildman–Crippen LogP) is 8.87. The first kappa shape index (κ1) is 26.9. The third-order valence-electron chi connectivity index (χ3n) is 8.19. The highest BCUT2D eigenvalue weighted by molar-refractivity contribution is 6.32. The summed E-state index contributed by atoms with van der Waals surface area (Å²) in [5.74, 6) is 6.19. The van der Waals surface area contributed by atoms with E-state index in [4.69, 9.17) is 11.6 Å². The van der Waals surface area contributed by atoms with Crippen molar-refractivity contribution in [1.29, 1.82) is 0 Å². The molecule has 39 heavy (non-hydrogen) atoms. The van der Waals surface area contributed by atoms with Crippen LogP contribution in [0.5, 0.6) is 0 Å². The molecule has 0 N–H and O–H groups in total. The van der Waals surface area contributed by atoms with Crippen molar-refractivity contribution in [3.8, 4) is 23.9 Å². The van der Waals surface area contributed by atoms with E-state index in [-0.39, 0.29) is 10.8 Å². The van der Waals surface area contributed by atoms with Crippen molar-refractivity contribution in [2.24, 2.45) is 0 Å². The molecule has 0 radical (unpaired) electrons. The van der Waals surface area contributed by atoms with Gasteiger partial charge in [0.1, 0.15) is 0 Å². The standard InChI is InChI=1S/C36H36ClN2/c1-7-24-38-30-18-11-9-16-28(30)35(3,4)32(38)22-20-26-14-13-15-27(34(26)37)21-23-33-36(5,6)29-17-10-12-19-31(29)39(33)25-8-2/h9-12,16-23H,13-15H2,1-6H3/q+1. The molecule has 0 unspecified atom stereocenters. The van der Waals surface area contributed by atoms with Gasteiger partial charge in [-0.1, -0.05) is 79.9 Å². The summed E-state index contributed by atoms with van der Waals surface area (Å²) >= 11 is 7.07. The largest absolute Gasteiger partial charge is 0.273 e. The van der Waals surface area contributed by atoms with Crippen LogP contribution in [-0.4, -0.2) is 10.3 Å². The third-order valence-corrected chi connectivity index (χ3v) is 8.67. The lowest BCUT2D eigenvalue weighted by atomic mass is 9.81. The highest BCUT2D eigenvalue weighted by Gasteiger charge is 2.44. The topological polar surface area (TPSA) is 6.25 Å². The zero-order valence-corrected chi connectivity index (χ0v) is 24.6. The lowest BCUT2D eigenvalue weighted by molar-refractivity contribution is -0.332. The van der Waals surface area contributed by atoms with Crippen molar-refractivity contribution in [1.82, 2.24) is 0 Å². The van der Waals surface area contributed by atoms with Gasteiger partial charge in [0, 0.05) is 46.8 Å². The maximum atomic E-state index is 7.07. The minimum atomic E-state index is -0.144. The Morgan fingerprint density at radius 2 is 1.56 bits per heavy atom. The molecule has 0 atom stereocenters. The summed E-state index contributed by atoms with van der Waals surface area (Å²) in [4.78, 5) is 2.13. The van der Waals surface area contributed by atoms with Gasteiger partial charge in [0.05, 0.1) is 11.1 Å². The van der Waals surface area contributed by atoms with E-state index >= 15 is 0 Å². The van der Waals surface area contributed by atoms with Gasteiger partial charge in [0.2, 0.25) is 17.4 Å². The van der Waals surface area contributed by atoms with Crippen molar-refractivity contribution in [2.45, 2.75) is 71.6 Å². The van der Waals surface area contributed by atoms with Crippen LogP contribution in [0.3, 0.4) is 0 Å². The Labute approximate surface area is 239 Å². The molecule has 3 heteroatoms. The van der Waals surface area contributed by atoms with E-state index in [9.17, 15) is 0 Å². The average Bonchev–Trinajstić information content (AvgIpc) is 3.27. The van der Waals surface area contributed by atoms with Gasteiger partial charge in [-0.15, -0.1) is 4.58 Å². The maximum absolute atomic E-state index is 7.07. The highest BCUT2D eigenvalue weighted by atomic mass is 35.5. The number of nitrogens with zero attached hydrogens (tertiary/aromatic N) is 2. The molecular weight excluding hydrogens is 496 g/mol. The fourth-order valence-electron chi connectivity index (χ4n) is 6.09. The van der Waals surface area contributed by atoms with Crippen LogP contribution in [0.4, 0.5) is 11.4 Å². The zero-order chi connectivity index (χ0) is 27.8. The summed E-state index contributed by atoms with van der Waals surface area (Å²) < 4.78 is 2.13. The summed E-state index contributed by atoms with van der Waals surface area (Å²) in [5.41, 5.74) is 9.32. The van der Waals surface area contributed by atoms with Crippen LogP contribution in [-0.2, 0) is 10.8 Å². The summed E-state index contributed by atoms with van der Waals surface area (Å²) in [7, 11) is 0. The second-order valence-electron chi connectivity index (χ2n) is 11.3. The Kier molecular flexibility index (Phi) is 7.20. The van der Waals surface area contributed by atoms with Gasteiger partial charge >= 0.3 is 0 Å². The number of benzene rings is 2. The molecule has 1 aliphatic carbocycles. The molecule has 0 aromatic heterocycles. The van der Waals surface area contributed by atoms with Crippen molar-refractivity contribution in [2.75, 3.05) is 4.90 Å². The molecule has 0 amide bonds. The Hall–Kier alpha value is -3.72. The molecule has 3 aliphatic rings. The monoisotopic (exact) mass is 531 g/mol. The second-order valence-corrected chi connectivity index (χ2v) is 11.7. The molecule has 2 aromatic carbocycles. The molecule has 0 bridgehead atoms. The maximum Gasteiger partial charge on any atom is 0.229 e. The first-order chi connectivity index (χ1) is 18.7. The first-order valence-corrected chi connectivity index (χ1v) is 14.1. The van der Waals surface area contributed by atoms with Crippen LogP contribution in [0.15, 0.2) is 94.7 Å². The van der Waals surface area contributed by atoms with Crippen LogP contribution in [0.2, 0.25) is 0 Å². The number of halogens is 1. The van der Waals surface area contributed by atoms with Gasteiger partial charge in [-0.3, -0.25) is 4.90 Å². The average molecular weight is 532 g/mol. The minimum absolute atomic E-state index is 0.144. The molecule has 0 fully saturated rings. The van der Waals surface area contributed by atoms with Gasteiger partial charge in [-0.25, -0.2) is 0 Å². The van der Waals surface area contributed by atoms with Gasteiger partial charge in [-0.2, -0.15) is 0 Å². The van der Waals surface area contributed by atoms with Crippen molar-refractivity contribution in [3.63, 3.8) is 0 Å². The normalized spacial score (nSPS) is 21.2. The predicted molar refractivity (Wildman–Crippen MR) is 165 cm³/mol. The smallest absolute Gasteiger partial charge is 0.229 e. The molecule has 2 aromatic rings.